The number of rotatable bonds is 6. The van der Waals surface area contributed by atoms with Crippen molar-refractivity contribution < 1.29 is 41.7 Å². The molecule has 0 saturated carbocycles. The van der Waals surface area contributed by atoms with Crippen LogP contribution in [0.3, 0.4) is 0 Å². The molecular formula is C14H18FNO8S2. The first-order valence-electron chi connectivity index (χ1n) is 7.41. The van der Waals surface area contributed by atoms with E-state index >= 15 is 0 Å². The van der Waals surface area contributed by atoms with Crippen molar-refractivity contribution in [3.63, 3.8) is 0 Å². The zero-order valence-corrected chi connectivity index (χ0v) is 14.9. The smallest absolute Gasteiger partial charge is 0.394 e. The Labute approximate surface area is 153 Å². The van der Waals surface area contributed by atoms with Crippen LogP contribution in [0.2, 0.25) is 0 Å². The second kappa shape index (κ2) is 9.08. The first kappa shape index (κ1) is 21.0. The largest absolute Gasteiger partial charge is 0.466 e. The van der Waals surface area contributed by atoms with Crippen molar-refractivity contribution in [3.8, 4) is 0 Å². The molecule has 1 aliphatic heterocycles. The molecule has 5 unspecified atom stereocenters. The van der Waals surface area contributed by atoms with Crippen LogP contribution in [-0.4, -0.2) is 69.9 Å². The van der Waals surface area contributed by atoms with Crippen LogP contribution in [0.5, 0.6) is 0 Å². The Bertz CT molecular complexity index is 715. The SMILES string of the molecule is O=S(=O)(O)ON=C(Cc1ccccc1)SC1OC(CO)C(O)C(O)C1F. The quantitative estimate of drug-likeness (QED) is 0.218. The van der Waals surface area contributed by atoms with Gasteiger partial charge in [-0.25, -0.2) is 8.67 Å². The van der Waals surface area contributed by atoms with Gasteiger partial charge in [-0.1, -0.05) is 47.2 Å². The third-order valence-corrected chi connectivity index (χ3v) is 4.85. The lowest BCUT2D eigenvalue weighted by Gasteiger charge is -2.38. The van der Waals surface area contributed by atoms with Crippen molar-refractivity contribution in [2.24, 2.45) is 5.16 Å². The molecule has 0 aromatic heterocycles. The molecule has 12 heteroatoms. The van der Waals surface area contributed by atoms with E-state index in [4.69, 9.17) is 14.4 Å². The minimum Gasteiger partial charge on any atom is -0.394 e. The number of aliphatic hydroxyl groups excluding tert-OH is 3. The van der Waals surface area contributed by atoms with E-state index in [1.165, 1.54) is 0 Å². The van der Waals surface area contributed by atoms with Crippen molar-refractivity contribution in [2.45, 2.75) is 36.3 Å². The molecule has 4 N–H and O–H groups in total. The summed E-state index contributed by atoms with van der Waals surface area (Å²) in [6, 6.07) is 8.60. The van der Waals surface area contributed by atoms with Gasteiger partial charge in [0.25, 0.3) is 0 Å². The molecule has 1 fully saturated rings. The fraction of sp³-hybridized carbons (Fsp3) is 0.500. The number of aliphatic hydroxyl groups is 3. The van der Waals surface area contributed by atoms with Crippen LogP contribution in [-0.2, 0) is 25.8 Å². The molecule has 1 aliphatic rings. The molecule has 146 valence electrons. The molecule has 1 aromatic rings. The summed E-state index contributed by atoms with van der Waals surface area (Å²) in [5, 5.41) is 31.8. The van der Waals surface area contributed by atoms with Crippen LogP contribution in [0.4, 0.5) is 4.39 Å². The Morgan fingerprint density at radius 1 is 1.27 bits per heavy atom. The molecular weight excluding hydrogens is 393 g/mol. The number of ether oxygens (including phenoxy) is 1. The Hall–Kier alpha value is -1.28. The maximum Gasteiger partial charge on any atom is 0.466 e. The van der Waals surface area contributed by atoms with Gasteiger partial charge in [0, 0.05) is 6.42 Å². The molecule has 1 aromatic carbocycles. The number of oxime groups is 1. The minimum absolute atomic E-state index is 0.0239. The predicted octanol–water partition coefficient (Wildman–Crippen LogP) is -0.128. The normalized spacial score (nSPS) is 30.2. The average Bonchev–Trinajstić information content (AvgIpc) is 2.60. The van der Waals surface area contributed by atoms with Crippen LogP contribution >= 0.6 is 11.8 Å². The molecule has 0 spiro atoms. The van der Waals surface area contributed by atoms with Crippen molar-refractivity contribution in [1.29, 1.82) is 0 Å². The van der Waals surface area contributed by atoms with Crippen LogP contribution in [0.1, 0.15) is 5.56 Å². The lowest BCUT2D eigenvalue weighted by Crippen LogP contribution is -2.56. The third-order valence-electron chi connectivity index (χ3n) is 3.49. The van der Waals surface area contributed by atoms with Crippen LogP contribution in [0, 0.1) is 0 Å². The molecule has 0 radical (unpaired) electrons. The first-order valence-corrected chi connectivity index (χ1v) is 9.66. The van der Waals surface area contributed by atoms with Crippen LogP contribution < -0.4 is 0 Å². The van der Waals surface area contributed by atoms with Gasteiger partial charge in [-0.15, -0.1) is 0 Å². The molecule has 5 atom stereocenters. The van der Waals surface area contributed by atoms with E-state index in [0.717, 1.165) is 0 Å². The van der Waals surface area contributed by atoms with E-state index in [2.05, 4.69) is 9.44 Å². The second-order valence-corrected chi connectivity index (χ2v) is 7.59. The summed E-state index contributed by atoms with van der Waals surface area (Å²) >= 11 is 0.604. The summed E-state index contributed by atoms with van der Waals surface area (Å²) in [6.45, 7) is -0.658. The van der Waals surface area contributed by atoms with Gasteiger partial charge in [0.05, 0.1) is 6.61 Å². The highest BCUT2D eigenvalue weighted by molar-refractivity contribution is 8.14. The standard InChI is InChI=1S/C14H18FNO8S2/c15-11-13(19)12(18)9(7-17)23-14(11)25-10(16-24-26(20,21)22)6-8-4-2-1-3-5-8/h1-5,9,11-14,17-19H,6-7H2,(H,20,21,22). The van der Waals surface area contributed by atoms with Gasteiger partial charge in [0.1, 0.15) is 28.8 Å². The minimum atomic E-state index is -4.87. The number of thioether (sulfide) groups is 1. The Balaban J connectivity index is 2.19. The Kier molecular flexibility index (Phi) is 7.34. The van der Waals surface area contributed by atoms with Crippen LogP contribution in [0.15, 0.2) is 35.5 Å². The van der Waals surface area contributed by atoms with E-state index in [1.807, 2.05) is 0 Å². The summed E-state index contributed by atoms with van der Waals surface area (Å²) in [4.78, 5) is 0. The number of hydrogen-bond acceptors (Lipinski definition) is 9. The maximum absolute atomic E-state index is 14.3. The lowest BCUT2D eigenvalue weighted by atomic mass is 10.0. The second-order valence-electron chi connectivity index (χ2n) is 5.42. The molecule has 26 heavy (non-hydrogen) atoms. The fourth-order valence-electron chi connectivity index (χ4n) is 2.23. The Morgan fingerprint density at radius 2 is 1.92 bits per heavy atom. The highest BCUT2D eigenvalue weighted by atomic mass is 32.3. The Morgan fingerprint density at radius 3 is 2.50 bits per heavy atom. The molecule has 0 bridgehead atoms. The van der Waals surface area contributed by atoms with Crippen molar-refractivity contribution in [2.75, 3.05) is 6.61 Å². The first-order chi connectivity index (χ1) is 12.2. The van der Waals surface area contributed by atoms with E-state index < -0.39 is 46.9 Å². The van der Waals surface area contributed by atoms with E-state index in [9.17, 15) is 23.0 Å². The molecule has 1 heterocycles. The number of nitrogens with zero attached hydrogens (tertiary/aromatic N) is 1. The van der Waals surface area contributed by atoms with Crippen LogP contribution in [0.25, 0.3) is 0 Å². The fourth-order valence-corrected chi connectivity index (χ4v) is 3.55. The summed E-state index contributed by atoms with van der Waals surface area (Å²) in [6.07, 6.45) is -6.66. The van der Waals surface area contributed by atoms with Gasteiger partial charge in [0.15, 0.2) is 6.17 Å². The van der Waals surface area contributed by atoms with Gasteiger partial charge >= 0.3 is 10.4 Å². The number of alkyl halides is 1. The number of hydrogen-bond donors (Lipinski definition) is 4. The molecule has 2 rings (SSSR count). The topological polar surface area (TPSA) is 146 Å². The van der Waals surface area contributed by atoms with Gasteiger partial charge in [-0.05, 0) is 5.56 Å². The predicted molar refractivity (Wildman–Crippen MR) is 90.5 cm³/mol. The highest BCUT2D eigenvalue weighted by Crippen LogP contribution is 2.32. The zero-order valence-electron chi connectivity index (χ0n) is 13.3. The summed E-state index contributed by atoms with van der Waals surface area (Å²) < 4.78 is 53.6. The van der Waals surface area contributed by atoms with E-state index in [1.54, 1.807) is 30.3 Å². The highest BCUT2D eigenvalue weighted by Gasteiger charge is 2.45. The van der Waals surface area contributed by atoms with Crippen molar-refractivity contribution in [3.05, 3.63) is 35.9 Å². The monoisotopic (exact) mass is 411 g/mol. The molecule has 1 saturated heterocycles. The average molecular weight is 411 g/mol. The molecule has 0 aliphatic carbocycles. The maximum atomic E-state index is 14.3. The summed E-state index contributed by atoms with van der Waals surface area (Å²) in [5.41, 5.74) is -0.707. The van der Waals surface area contributed by atoms with Gasteiger partial charge in [-0.3, -0.25) is 4.55 Å². The van der Waals surface area contributed by atoms with Gasteiger partial charge in [0.2, 0.25) is 0 Å². The van der Waals surface area contributed by atoms with Gasteiger partial charge in [-0.2, -0.15) is 8.42 Å². The number of benzene rings is 1. The van der Waals surface area contributed by atoms with E-state index in [-0.39, 0.29) is 11.5 Å². The number of halogens is 1. The zero-order chi connectivity index (χ0) is 19.3. The lowest BCUT2D eigenvalue weighted by molar-refractivity contribution is -0.188. The molecule has 9 nitrogen and oxygen atoms in total. The van der Waals surface area contributed by atoms with E-state index in [0.29, 0.717) is 17.3 Å². The molecule has 0 amide bonds. The van der Waals surface area contributed by atoms with Crippen molar-refractivity contribution >= 4 is 27.2 Å². The third kappa shape index (κ3) is 5.87. The van der Waals surface area contributed by atoms with Gasteiger partial charge < -0.3 is 20.1 Å². The summed E-state index contributed by atoms with van der Waals surface area (Å²) in [7, 11) is -4.87. The van der Waals surface area contributed by atoms with Crippen molar-refractivity contribution in [1.82, 2.24) is 0 Å². The summed E-state index contributed by atoms with van der Waals surface area (Å²) in [5.74, 6) is 0.